The fourth-order valence-electron chi connectivity index (χ4n) is 2.58. The van der Waals surface area contributed by atoms with E-state index in [1.165, 1.54) is 32.4 Å². The molecule has 2 heterocycles. The number of piperidine rings is 1. The monoisotopic (exact) mass is 277 g/mol. The number of rotatable bonds is 7. The van der Waals surface area contributed by atoms with E-state index in [0.29, 0.717) is 6.04 Å². The van der Waals surface area contributed by atoms with E-state index in [0.717, 1.165) is 31.1 Å². The highest BCUT2D eigenvalue weighted by Gasteiger charge is 2.16. The van der Waals surface area contributed by atoms with Crippen molar-refractivity contribution >= 4 is 5.82 Å². The zero-order valence-electron chi connectivity index (χ0n) is 12.8. The zero-order chi connectivity index (χ0) is 14.2. The number of nitrogens with zero attached hydrogens (tertiary/aromatic N) is 2. The lowest BCUT2D eigenvalue weighted by Gasteiger charge is -2.32. The molecule has 0 aliphatic carbocycles. The van der Waals surface area contributed by atoms with Crippen LogP contribution in [-0.4, -0.2) is 42.2 Å². The van der Waals surface area contributed by atoms with Crippen molar-refractivity contribution in [2.24, 2.45) is 0 Å². The van der Waals surface area contributed by atoms with Crippen LogP contribution in [0, 0.1) is 0 Å². The lowest BCUT2D eigenvalue weighted by atomic mass is 10.1. The van der Waals surface area contributed by atoms with Crippen molar-refractivity contribution < 1.29 is 4.74 Å². The highest BCUT2D eigenvalue weighted by molar-refractivity contribution is 5.49. The molecule has 1 aromatic heterocycles. The first-order valence-electron chi connectivity index (χ1n) is 7.87. The van der Waals surface area contributed by atoms with Crippen LogP contribution in [0.2, 0.25) is 0 Å². The molecule has 0 spiro atoms. The molecule has 0 aromatic carbocycles. The molecule has 4 nitrogen and oxygen atoms in total. The van der Waals surface area contributed by atoms with Crippen LogP contribution in [0.15, 0.2) is 18.3 Å². The number of anilines is 1. The van der Waals surface area contributed by atoms with Crippen LogP contribution in [-0.2, 0) is 0 Å². The standard InChI is InChI=1S/C16H27N3O/c1-3-12-20-15-8-7-9-17-16(15)18-13-14(2)19-10-5-4-6-11-19/h7-9,14H,3-6,10-13H2,1-2H3,(H,17,18). The summed E-state index contributed by atoms with van der Waals surface area (Å²) in [6, 6.07) is 4.44. The highest BCUT2D eigenvalue weighted by Crippen LogP contribution is 2.21. The largest absolute Gasteiger partial charge is 0.490 e. The Balaban J connectivity index is 1.86. The van der Waals surface area contributed by atoms with E-state index in [-0.39, 0.29) is 0 Å². The summed E-state index contributed by atoms with van der Waals surface area (Å²) in [6.07, 6.45) is 6.87. The number of nitrogens with one attached hydrogen (secondary N) is 1. The summed E-state index contributed by atoms with van der Waals surface area (Å²) in [5.41, 5.74) is 0. The lowest BCUT2D eigenvalue weighted by molar-refractivity contribution is 0.180. The molecule has 4 heteroatoms. The van der Waals surface area contributed by atoms with E-state index in [2.05, 4.69) is 29.0 Å². The summed E-state index contributed by atoms with van der Waals surface area (Å²) < 4.78 is 5.73. The second-order valence-electron chi connectivity index (χ2n) is 5.53. The van der Waals surface area contributed by atoms with Crippen molar-refractivity contribution in [3.05, 3.63) is 18.3 Å². The third-order valence-electron chi connectivity index (χ3n) is 3.81. The van der Waals surface area contributed by atoms with Gasteiger partial charge < -0.3 is 10.1 Å². The molecule has 1 aliphatic rings. The van der Waals surface area contributed by atoms with Gasteiger partial charge in [-0.1, -0.05) is 13.3 Å². The summed E-state index contributed by atoms with van der Waals surface area (Å²) in [7, 11) is 0. The van der Waals surface area contributed by atoms with E-state index < -0.39 is 0 Å². The number of aromatic nitrogens is 1. The van der Waals surface area contributed by atoms with Crippen LogP contribution < -0.4 is 10.1 Å². The predicted molar refractivity (Wildman–Crippen MR) is 83.4 cm³/mol. The average molecular weight is 277 g/mol. The van der Waals surface area contributed by atoms with Gasteiger partial charge in [-0.3, -0.25) is 4.90 Å². The molecule has 1 saturated heterocycles. The molecule has 20 heavy (non-hydrogen) atoms. The maximum absolute atomic E-state index is 5.73. The number of hydrogen-bond acceptors (Lipinski definition) is 4. The minimum absolute atomic E-state index is 0.538. The van der Waals surface area contributed by atoms with Gasteiger partial charge in [-0.25, -0.2) is 4.98 Å². The molecule has 1 unspecified atom stereocenters. The summed E-state index contributed by atoms with van der Waals surface area (Å²) in [4.78, 5) is 6.96. The first-order valence-corrected chi connectivity index (χ1v) is 7.87. The van der Waals surface area contributed by atoms with Gasteiger partial charge in [-0.15, -0.1) is 0 Å². The quantitative estimate of drug-likeness (QED) is 0.830. The number of ether oxygens (including phenoxy) is 1. The van der Waals surface area contributed by atoms with Gasteiger partial charge in [-0.2, -0.15) is 0 Å². The third-order valence-corrected chi connectivity index (χ3v) is 3.81. The van der Waals surface area contributed by atoms with E-state index in [1.54, 1.807) is 0 Å². The van der Waals surface area contributed by atoms with Crippen molar-refractivity contribution in [3.8, 4) is 5.75 Å². The molecule has 2 rings (SSSR count). The molecule has 1 N–H and O–H groups in total. The minimum Gasteiger partial charge on any atom is -0.490 e. The van der Waals surface area contributed by atoms with Gasteiger partial charge in [0.2, 0.25) is 0 Å². The molecule has 0 amide bonds. The Labute approximate surface area is 122 Å². The first-order chi connectivity index (χ1) is 9.81. The van der Waals surface area contributed by atoms with Gasteiger partial charge in [0.15, 0.2) is 11.6 Å². The van der Waals surface area contributed by atoms with Crippen molar-refractivity contribution in [3.63, 3.8) is 0 Å². The topological polar surface area (TPSA) is 37.4 Å². The molecule has 1 aromatic rings. The normalized spacial score (nSPS) is 17.7. The third kappa shape index (κ3) is 4.37. The molecule has 1 atom stereocenters. The number of pyridine rings is 1. The van der Waals surface area contributed by atoms with Crippen LogP contribution >= 0.6 is 0 Å². The minimum atomic E-state index is 0.538. The van der Waals surface area contributed by atoms with Gasteiger partial charge in [-0.05, 0) is 51.4 Å². The second kappa shape index (κ2) is 8.10. The van der Waals surface area contributed by atoms with Crippen LogP contribution in [0.4, 0.5) is 5.82 Å². The lowest BCUT2D eigenvalue weighted by Crippen LogP contribution is -2.41. The summed E-state index contributed by atoms with van der Waals surface area (Å²) in [5, 5.41) is 3.44. The Hall–Kier alpha value is -1.29. The van der Waals surface area contributed by atoms with Crippen LogP contribution in [0.3, 0.4) is 0 Å². The van der Waals surface area contributed by atoms with Crippen molar-refractivity contribution in [2.75, 3.05) is 31.6 Å². The number of hydrogen-bond donors (Lipinski definition) is 1. The van der Waals surface area contributed by atoms with Crippen LogP contribution in [0.1, 0.15) is 39.5 Å². The van der Waals surface area contributed by atoms with Gasteiger partial charge in [0, 0.05) is 18.8 Å². The van der Waals surface area contributed by atoms with Crippen molar-refractivity contribution in [1.29, 1.82) is 0 Å². The molecule has 0 saturated carbocycles. The summed E-state index contributed by atoms with van der Waals surface area (Å²) >= 11 is 0. The molecule has 112 valence electrons. The Kier molecular flexibility index (Phi) is 6.12. The molecule has 0 radical (unpaired) electrons. The Morgan fingerprint density at radius 1 is 1.35 bits per heavy atom. The maximum Gasteiger partial charge on any atom is 0.168 e. The summed E-state index contributed by atoms with van der Waals surface area (Å²) in [5.74, 6) is 1.73. The van der Waals surface area contributed by atoms with E-state index in [1.807, 2.05) is 18.3 Å². The summed E-state index contributed by atoms with van der Waals surface area (Å²) in [6.45, 7) is 8.51. The smallest absolute Gasteiger partial charge is 0.168 e. The molecule has 1 aliphatic heterocycles. The Morgan fingerprint density at radius 3 is 2.90 bits per heavy atom. The van der Waals surface area contributed by atoms with Gasteiger partial charge >= 0.3 is 0 Å². The SMILES string of the molecule is CCCOc1cccnc1NCC(C)N1CCCCC1. The predicted octanol–water partition coefficient (Wildman–Crippen LogP) is 3.16. The zero-order valence-corrected chi connectivity index (χ0v) is 12.8. The molecular weight excluding hydrogens is 250 g/mol. The Morgan fingerprint density at radius 2 is 2.15 bits per heavy atom. The van der Waals surface area contributed by atoms with E-state index in [9.17, 15) is 0 Å². The number of likely N-dealkylation sites (tertiary alicyclic amines) is 1. The molecule has 1 fully saturated rings. The second-order valence-corrected chi connectivity index (χ2v) is 5.53. The fraction of sp³-hybridized carbons (Fsp3) is 0.688. The maximum atomic E-state index is 5.73. The van der Waals surface area contributed by atoms with Gasteiger partial charge in [0.25, 0.3) is 0 Å². The van der Waals surface area contributed by atoms with E-state index in [4.69, 9.17) is 4.74 Å². The van der Waals surface area contributed by atoms with Gasteiger partial charge in [0.05, 0.1) is 6.61 Å². The van der Waals surface area contributed by atoms with Crippen LogP contribution in [0.25, 0.3) is 0 Å². The molecular formula is C16H27N3O. The first kappa shape index (κ1) is 15.1. The highest BCUT2D eigenvalue weighted by atomic mass is 16.5. The van der Waals surface area contributed by atoms with Crippen molar-refractivity contribution in [1.82, 2.24) is 9.88 Å². The average Bonchev–Trinajstić information content (AvgIpc) is 2.52. The van der Waals surface area contributed by atoms with E-state index >= 15 is 0 Å². The van der Waals surface area contributed by atoms with Crippen molar-refractivity contribution in [2.45, 2.75) is 45.6 Å². The fourth-order valence-corrected chi connectivity index (χ4v) is 2.58. The van der Waals surface area contributed by atoms with Gasteiger partial charge in [0.1, 0.15) is 0 Å². The van der Waals surface area contributed by atoms with Crippen LogP contribution in [0.5, 0.6) is 5.75 Å². The molecule has 0 bridgehead atoms. The Bertz CT molecular complexity index is 391.